The number of hydrogen-bond donors (Lipinski definition) is 2. The van der Waals surface area contributed by atoms with Crippen LogP contribution in [0.5, 0.6) is 0 Å². The van der Waals surface area contributed by atoms with Crippen molar-refractivity contribution >= 4 is 11.9 Å². The third kappa shape index (κ3) is 4.08. The molecule has 0 aromatic carbocycles. The van der Waals surface area contributed by atoms with Crippen LogP contribution in [-0.4, -0.2) is 32.8 Å². The Kier molecular flexibility index (Phi) is 5.09. The van der Waals surface area contributed by atoms with Gasteiger partial charge in [0.05, 0.1) is 12.1 Å². The van der Waals surface area contributed by atoms with Gasteiger partial charge in [-0.2, -0.15) is 5.10 Å². The van der Waals surface area contributed by atoms with Crippen LogP contribution in [0.2, 0.25) is 0 Å². The summed E-state index contributed by atoms with van der Waals surface area (Å²) in [6, 6.07) is 1.32. The molecule has 6 heteroatoms. The number of aryl methyl sites for hydroxylation is 2. The lowest BCUT2D eigenvalue weighted by molar-refractivity contribution is -0.137. The number of amides is 1. The quantitative estimate of drug-likeness (QED) is 0.816. The van der Waals surface area contributed by atoms with E-state index in [1.54, 1.807) is 10.7 Å². The van der Waals surface area contributed by atoms with E-state index >= 15 is 0 Å². The Morgan fingerprint density at radius 3 is 2.58 bits per heavy atom. The fraction of sp³-hybridized carbons (Fsp3) is 0.615. The van der Waals surface area contributed by atoms with E-state index in [0.717, 1.165) is 5.69 Å². The first-order valence-corrected chi connectivity index (χ1v) is 6.42. The Hall–Kier alpha value is -1.85. The lowest BCUT2D eigenvalue weighted by Gasteiger charge is -2.20. The molecule has 0 fully saturated rings. The molecule has 106 valence electrons. The highest BCUT2D eigenvalue weighted by Crippen LogP contribution is 2.09. The summed E-state index contributed by atoms with van der Waals surface area (Å²) in [5.41, 5.74) is 1.24. The third-order valence-electron chi connectivity index (χ3n) is 2.95. The Bertz CT molecular complexity index is 466. The largest absolute Gasteiger partial charge is 0.481 e. The molecule has 19 heavy (non-hydrogen) atoms. The number of aromatic nitrogens is 2. The number of nitrogens with one attached hydrogen (secondary N) is 1. The molecule has 0 aliphatic carbocycles. The molecular formula is C13H21N3O3. The van der Waals surface area contributed by atoms with Gasteiger partial charge >= 0.3 is 5.97 Å². The van der Waals surface area contributed by atoms with Crippen molar-refractivity contribution in [3.05, 3.63) is 17.5 Å². The smallest absolute Gasteiger partial charge is 0.305 e. The van der Waals surface area contributed by atoms with Gasteiger partial charge in [-0.15, -0.1) is 0 Å². The lowest BCUT2D eigenvalue weighted by Crippen LogP contribution is -2.40. The number of aliphatic carboxylic acids is 1. The van der Waals surface area contributed by atoms with Gasteiger partial charge in [-0.05, 0) is 25.8 Å². The molecule has 1 heterocycles. The maximum Gasteiger partial charge on any atom is 0.305 e. The number of carbonyl (C=O) groups is 2. The molecule has 0 radical (unpaired) electrons. The first kappa shape index (κ1) is 15.2. The fourth-order valence-corrected chi connectivity index (χ4v) is 1.85. The zero-order valence-corrected chi connectivity index (χ0v) is 11.8. The van der Waals surface area contributed by atoms with Gasteiger partial charge in [0, 0.05) is 12.6 Å². The van der Waals surface area contributed by atoms with Gasteiger partial charge in [0.25, 0.3) is 5.91 Å². The highest BCUT2D eigenvalue weighted by atomic mass is 16.4. The maximum absolute atomic E-state index is 12.2. The van der Waals surface area contributed by atoms with Gasteiger partial charge in [-0.1, -0.05) is 13.8 Å². The minimum Gasteiger partial charge on any atom is -0.481 e. The Balaban J connectivity index is 2.84. The summed E-state index contributed by atoms with van der Waals surface area (Å²) >= 11 is 0. The van der Waals surface area contributed by atoms with E-state index in [1.807, 2.05) is 27.7 Å². The molecule has 0 aliphatic heterocycles. The van der Waals surface area contributed by atoms with E-state index in [2.05, 4.69) is 10.4 Å². The second kappa shape index (κ2) is 6.36. The van der Waals surface area contributed by atoms with Crippen molar-refractivity contribution in [1.29, 1.82) is 0 Å². The Morgan fingerprint density at radius 1 is 1.47 bits per heavy atom. The normalized spacial score (nSPS) is 12.5. The van der Waals surface area contributed by atoms with E-state index in [-0.39, 0.29) is 24.3 Å². The second-order valence-electron chi connectivity index (χ2n) is 4.91. The molecule has 6 nitrogen and oxygen atoms in total. The van der Waals surface area contributed by atoms with Crippen molar-refractivity contribution in [2.24, 2.45) is 5.92 Å². The zero-order chi connectivity index (χ0) is 14.6. The van der Waals surface area contributed by atoms with E-state index < -0.39 is 5.97 Å². The number of nitrogens with zero attached hydrogens (tertiary/aromatic N) is 2. The predicted octanol–water partition coefficient (Wildman–Crippen LogP) is 1.44. The van der Waals surface area contributed by atoms with E-state index in [0.29, 0.717) is 12.2 Å². The van der Waals surface area contributed by atoms with Gasteiger partial charge in [-0.3, -0.25) is 14.3 Å². The van der Waals surface area contributed by atoms with Gasteiger partial charge in [-0.25, -0.2) is 0 Å². The van der Waals surface area contributed by atoms with Crippen LogP contribution in [0.3, 0.4) is 0 Å². The summed E-state index contributed by atoms with van der Waals surface area (Å²) in [5.74, 6) is -1.14. The van der Waals surface area contributed by atoms with Crippen molar-refractivity contribution in [1.82, 2.24) is 15.1 Å². The monoisotopic (exact) mass is 267 g/mol. The van der Waals surface area contributed by atoms with Crippen LogP contribution in [-0.2, 0) is 11.3 Å². The highest BCUT2D eigenvalue weighted by Gasteiger charge is 2.22. The van der Waals surface area contributed by atoms with Crippen LogP contribution in [0.4, 0.5) is 0 Å². The standard InChI is InChI=1S/C13H21N3O3/c1-5-16-11(6-9(4)15-16)13(19)14-10(8(2)3)7-12(17)18/h6,8,10H,5,7H2,1-4H3,(H,14,19)(H,17,18). The average molecular weight is 267 g/mol. The zero-order valence-electron chi connectivity index (χ0n) is 11.8. The first-order chi connectivity index (χ1) is 8.85. The summed E-state index contributed by atoms with van der Waals surface area (Å²) in [6.07, 6.45) is -0.0807. The van der Waals surface area contributed by atoms with Crippen LogP contribution in [0, 0.1) is 12.8 Å². The van der Waals surface area contributed by atoms with Gasteiger partial charge in [0.15, 0.2) is 0 Å². The summed E-state index contributed by atoms with van der Waals surface area (Å²) in [7, 11) is 0. The van der Waals surface area contributed by atoms with Gasteiger partial charge in [0.2, 0.25) is 0 Å². The fourth-order valence-electron chi connectivity index (χ4n) is 1.85. The van der Waals surface area contributed by atoms with E-state index in [4.69, 9.17) is 5.11 Å². The van der Waals surface area contributed by atoms with Crippen molar-refractivity contribution in [3.63, 3.8) is 0 Å². The topological polar surface area (TPSA) is 84.2 Å². The molecule has 1 amide bonds. The predicted molar refractivity (Wildman–Crippen MR) is 71.0 cm³/mol. The Labute approximate surface area is 112 Å². The number of carboxylic acid groups (broad SMARTS) is 1. The van der Waals surface area contributed by atoms with Crippen LogP contribution in [0.25, 0.3) is 0 Å². The van der Waals surface area contributed by atoms with Crippen LogP contribution >= 0.6 is 0 Å². The first-order valence-electron chi connectivity index (χ1n) is 6.42. The number of hydrogen-bond acceptors (Lipinski definition) is 3. The molecule has 0 saturated heterocycles. The molecule has 0 spiro atoms. The molecule has 1 rings (SSSR count). The average Bonchev–Trinajstić information content (AvgIpc) is 2.68. The minimum absolute atomic E-state index is 0.0548. The molecule has 1 unspecified atom stereocenters. The van der Waals surface area contributed by atoms with Crippen LogP contribution in [0.15, 0.2) is 6.07 Å². The highest BCUT2D eigenvalue weighted by molar-refractivity contribution is 5.93. The SMILES string of the molecule is CCn1nc(C)cc1C(=O)NC(CC(=O)O)C(C)C. The van der Waals surface area contributed by atoms with Crippen LogP contribution in [0.1, 0.15) is 43.4 Å². The maximum atomic E-state index is 12.2. The second-order valence-corrected chi connectivity index (χ2v) is 4.91. The van der Waals surface area contributed by atoms with Crippen molar-refractivity contribution < 1.29 is 14.7 Å². The van der Waals surface area contributed by atoms with E-state index in [1.165, 1.54) is 0 Å². The molecule has 2 N–H and O–H groups in total. The molecule has 1 aromatic rings. The van der Waals surface area contributed by atoms with Gasteiger partial charge < -0.3 is 10.4 Å². The molecule has 0 saturated carbocycles. The number of carboxylic acids is 1. The van der Waals surface area contributed by atoms with Crippen molar-refractivity contribution in [3.8, 4) is 0 Å². The molecule has 1 aromatic heterocycles. The Morgan fingerprint density at radius 2 is 2.11 bits per heavy atom. The summed E-state index contributed by atoms with van der Waals surface area (Å²) in [5, 5.41) is 15.8. The van der Waals surface area contributed by atoms with Crippen LogP contribution < -0.4 is 5.32 Å². The number of carbonyl (C=O) groups excluding carboxylic acids is 1. The molecule has 0 bridgehead atoms. The molecule has 0 aliphatic rings. The molecular weight excluding hydrogens is 246 g/mol. The minimum atomic E-state index is -0.917. The van der Waals surface area contributed by atoms with Gasteiger partial charge in [0.1, 0.15) is 5.69 Å². The number of rotatable bonds is 6. The summed E-state index contributed by atoms with van der Waals surface area (Å²) in [4.78, 5) is 23.0. The lowest BCUT2D eigenvalue weighted by atomic mass is 10.0. The third-order valence-corrected chi connectivity index (χ3v) is 2.95. The summed E-state index contributed by atoms with van der Waals surface area (Å²) in [6.45, 7) is 8.09. The van der Waals surface area contributed by atoms with Crippen molar-refractivity contribution in [2.45, 2.75) is 46.7 Å². The molecule has 1 atom stereocenters. The summed E-state index contributed by atoms with van der Waals surface area (Å²) < 4.78 is 1.61. The van der Waals surface area contributed by atoms with Crippen molar-refractivity contribution in [2.75, 3.05) is 0 Å². The van der Waals surface area contributed by atoms with E-state index in [9.17, 15) is 9.59 Å².